The lowest BCUT2D eigenvalue weighted by Gasteiger charge is -2.36. The van der Waals surface area contributed by atoms with Gasteiger partial charge in [0.25, 0.3) is 5.91 Å². The molecule has 0 spiro atoms. The second-order valence-electron chi connectivity index (χ2n) is 9.10. The van der Waals surface area contributed by atoms with Gasteiger partial charge in [-0.05, 0) is 84.7 Å². The largest absolute Gasteiger partial charge is 0.321 e. The first-order chi connectivity index (χ1) is 16.2. The third-order valence-corrected chi connectivity index (χ3v) is 6.94. The minimum atomic E-state index is -0.257. The Hall–Kier alpha value is -3.20. The number of carbonyl (C=O) groups excluding carboxylic acids is 1. The molecule has 174 valence electrons. The summed E-state index contributed by atoms with van der Waals surface area (Å²) in [4.78, 5) is 19.6. The van der Waals surface area contributed by atoms with Crippen LogP contribution in [0.4, 0.5) is 5.69 Å². The second-order valence-corrected chi connectivity index (χ2v) is 9.10. The molecule has 1 saturated carbocycles. The monoisotopic (exact) mass is 472 g/mol. The van der Waals surface area contributed by atoms with Crippen LogP contribution in [-0.4, -0.2) is 34.9 Å². The van der Waals surface area contributed by atoms with Gasteiger partial charge in [-0.1, -0.05) is 30.7 Å². The van der Waals surface area contributed by atoms with Crippen molar-refractivity contribution < 1.29 is 4.79 Å². The first-order valence-electron chi connectivity index (χ1n) is 11.8. The highest BCUT2D eigenvalue weighted by molar-refractivity contribution is 6.02. The Morgan fingerprint density at radius 3 is 2.38 bits per heavy atom. The molecule has 0 bridgehead atoms. The summed E-state index contributed by atoms with van der Waals surface area (Å²) in [5.41, 5.74) is 6.95. The molecule has 1 aliphatic heterocycles. The zero-order valence-electron chi connectivity index (χ0n) is 19.2. The van der Waals surface area contributed by atoms with E-state index < -0.39 is 0 Å². The van der Waals surface area contributed by atoms with Crippen LogP contribution in [0.5, 0.6) is 0 Å². The fraction of sp³-hybridized carbons (Fsp3) is 0.321. The Labute approximate surface area is 207 Å². The van der Waals surface area contributed by atoms with Crippen molar-refractivity contribution in [3.8, 4) is 6.07 Å². The summed E-state index contributed by atoms with van der Waals surface area (Å²) in [5.74, 6) is -0.257. The summed E-state index contributed by atoms with van der Waals surface area (Å²) in [6.07, 6.45) is 9.01. The summed E-state index contributed by atoms with van der Waals surface area (Å²) in [5, 5.41) is 11.7. The Morgan fingerprint density at radius 2 is 1.74 bits per heavy atom. The lowest BCUT2D eigenvalue weighted by molar-refractivity contribution is 0.102. The quantitative estimate of drug-likeness (QED) is 0.556. The van der Waals surface area contributed by atoms with Crippen LogP contribution in [0, 0.1) is 11.3 Å². The van der Waals surface area contributed by atoms with Crippen LogP contribution in [0.1, 0.15) is 57.6 Å². The number of nitriles is 1. The van der Waals surface area contributed by atoms with E-state index in [2.05, 4.69) is 39.5 Å². The van der Waals surface area contributed by atoms with Gasteiger partial charge in [-0.15, -0.1) is 12.4 Å². The van der Waals surface area contributed by atoms with Gasteiger partial charge in [0, 0.05) is 31.0 Å². The third-order valence-electron chi connectivity index (χ3n) is 6.94. The van der Waals surface area contributed by atoms with Crippen molar-refractivity contribution in [2.75, 3.05) is 18.4 Å². The van der Waals surface area contributed by atoms with Crippen molar-refractivity contribution in [1.82, 2.24) is 9.88 Å². The van der Waals surface area contributed by atoms with E-state index in [4.69, 9.17) is 5.26 Å². The zero-order valence-corrected chi connectivity index (χ0v) is 20.0. The number of halogens is 1. The van der Waals surface area contributed by atoms with Crippen molar-refractivity contribution >= 4 is 24.0 Å². The number of anilines is 1. The highest BCUT2D eigenvalue weighted by Gasteiger charge is 2.26. The van der Waals surface area contributed by atoms with E-state index in [1.807, 2.05) is 6.07 Å². The molecular weight excluding hydrogens is 444 g/mol. The SMILES string of the molecule is Cl.N#Cc1ccc(NC(=O)c2ccc(Cc3ccc4c(c3)CCN(C3CCC3)CC4)cn2)cc1. The smallest absolute Gasteiger partial charge is 0.274 e. The topological polar surface area (TPSA) is 69.0 Å². The minimum absolute atomic E-state index is 0. The molecule has 1 aromatic heterocycles. The van der Waals surface area contributed by atoms with E-state index in [0.29, 0.717) is 16.9 Å². The first-order valence-corrected chi connectivity index (χ1v) is 11.8. The molecule has 6 heteroatoms. The van der Waals surface area contributed by atoms with Crippen LogP contribution in [0.2, 0.25) is 0 Å². The summed E-state index contributed by atoms with van der Waals surface area (Å²) >= 11 is 0. The molecule has 1 N–H and O–H groups in total. The molecular formula is C28H29ClN4O. The van der Waals surface area contributed by atoms with Crippen molar-refractivity contribution in [2.45, 2.75) is 44.6 Å². The van der Waals surface area contributed by atoms with Gasteiger partial charge in [0.2, 0.25) is 0 Å². The molecule has 2 aromatic carbocycles. The number of aromatic nitrogens is 1. The number of carbonyl (C=O) groups is 1. The Bertz CT molecular complexity index is 1180. The summed E-state index contributed by atoms with van der Waals surface area (Å²) in [7, 11) is 0. The number of hydrogen-bond donors (Lipinski definition) is 1. The van der Waals surface area contributed by atoms with Crippen molar-refractivity contribution in [3.63, 3.8) is 0 Å². The molecule has 34 heavy (non-hydrogen) atoms. The number of nitrogens with one attached hydrogen (secondary N) is 1. The number of benzene rings is 2. The Morgan fingerprint density at radius 1 is 1.00 bits per heavy atom. The molecule has 0 unspecified atom stereocenters. The van der Waals surface area contributed by atoms with E-state index in [0.717, 1.165) is 30.9 Å². The lowest BCUT2D eigenvalue weighted by atomic mass is 9.91. The van der Waals surface area contributed by atoms with Gasteiger partial charge >= 0.3 is 0 Å². The Balaban J connectivity index is 0.00000274. The van der Waals surface area contributed by atoms with Gasteiger partial charge in [0.05, 0.1) is 11.6 Å². The molecule has 0 atom stereocenters. The van der Waals surface area contributed by atoms with Crippen LogP contribution in [0.15, 0.2) is 60.8 Å². The molecule has 0 radical (unpaired) electrons. The van der Waals surface area contributed by atoms with Crippen LogP contribution in [0.25, 0.3) is 0 Å². The molecule has 1 fully saturated rings. The van der Waals surface area contributed by atoms with Crippen molar-refractivity contribution in [2.24, 2.45) is 0 Å². The van der Waals surface area contributed by atoms with Gasteiger partial charge in [-0.2, -0.15) is 5.26 Å². The Kier molecular flexibility index (Phi) is 7.62. The minimum Gasteiger partial charge on any atom is -0.321 e. The van der Waals surface area contributed by atoms with Crippen LogP contribution < -0.4 is 5.32 Å². The van der Waals surface area contributed by atoms with Gasteiger partial charge in [-0.25, -0.2) is 0 Å². The van der Waals surface area contributed by atoms with Gasteiger partial charge in [-0.3, -0.25) is 14.7 Å². The predicted molar refractivity (Wildman–Crippen MR) is 136 cm³/mol. The molecule has 5 rings (SSSR count). The first kappa shape index (κ1) is 23.9. The van der Waals surface area contributed by atoms with Crippen molar-refractivity contribution in [3.05, 3.63) is 94.3 Å². The molecule has 5 nitrogen and oxygen atoms in total. The molecule has 1 amide bonds. The maximum Gasteiger partial charge on any atom is 0.274 e. The van der Waals surface area contributed by atoms with Gasteiger partial charge in [0.1, 0.15) is 5.69 Å². The van der Waals surface area contributed by atoms with Gasteiger partial charge in [0.15, 0.2) is 0 Å². The molecule has 0 saturated heterocycles. The molecule has 2 heterocycles. The summed E-state index contributed by atoms with van der Waals surface area (Å²) < 4.78 is 0. The van der Waals surface area contributed by atoms with E-state index >= 15 is 0 Å². The van der Waals surface area contributed by atoms with Gasteiger partial charge < -0.3 is 5.32 Å². The second kappa shape index (κ2) is 10.8. The van der Waals surface area contributed by atoms with E-state index in [9.17, 15) is 4.79 Å². The maximum absolute atomic E-state index is 12.5. The number of fused-ring (bicyclic) bond motifs is 1. The van der Waals surface area contributed by atoms with E-state index in [-0.39, 0.29) is 18.3 Å². The fourth-order valence-electron chi connectivity index (χ4n) is 4.75. The summed E-state index contributed by atoms with van der Waals surface area (Å²) in [6.45, 7) is 2.36. The zero-order chi connectivity index (χ0) is 22.6. The number of amides is 1. The molecule has 2 aliphatic rings. The van der Waals surface area contributed by atoms with E-state index in [1.165, 1.54) is 49.0 Å². The van der Waals surface area contributed by atoms with E-state index in [1.54, 1.807) is 36.5 Å². The highest BCUT2D eigenvalue weighted by atomic mass is 35.5. The van der Waals surface area contributed by atoms with Crippen LogP contribution in [0.3, 0.4) is 0 Å². The fourth-order valence-corrected chi connectivity index (χ4v) is 4.75. The third kappa shape index (κ3) is 5.47. The molecule has 3 aromatic rings. The average molecular weight is 473 g/mol. The predicted octanol–water partition coefficient (Wildman–Crippen LogP) is 5.17. The van der Waals surface area contributed by atoms with Crippen LogP contribution >= 0.6 is 12.4 Å². The number of pyridine rings is 1. The van der Waals surface area contributed by atoms with Crippen LogP contribution in [-0.2, 0) is 19.3 Å². The normalized spacial score (nSPS) is 15.7. The number of rotatable bonds is 5. The number of nitrogens with zero attached hydrogens (tertiary/aromatic N) is 3. The van der Waals surface area contributed by atoms with Crippen molar-refractivity contribution in [1.29, 1.82) is 5.26 Å². The highest BCUT2D eigenvalue weighted by Crippen LogP contribution is 2.28. The average Bonchev–Trinajstić information content (AvgIpc) is 3.01. The lowest BCUT2D eigenvalue weighted by Crippen LogP contribution is -2.41. The standard InChI is InChI=1S/C28H28N4O.ClH/c29-18-20-5-9-25(10-6-20)31-28(33)27-11-7-22(19-30-27)16-21-4-8-23-12-14-32(26-2-1-3-26)15-13-24(23)17-21;/h4-11,17,19,26H,1-3,12-16H2,(H,31,33);1H. The molecule has 1 aliphatic carbocycles. The maximum atomic E-state index is 12.5. The summed E-state index contributed by atoms with van der Waals surface area (Å²) in [6, 6.07) is 20.3. The number of hydrogen-bond acceptors (Lipinski definition) is 4.